The van der Waals surface area contributed by atoms with Crippen LogP contribution < -0.4 is 19.7 Å². The summed E-state index contributed by atoms with van der Waals surface area (Å²) in [6.07, 6.45) is 1.39. The number of carbonyl (C=O) groups is 3. The number of nitro benzene ring substituents is 1. The maximum absolute atomic E-state index is 13.3. The number of imide groups is 2. The molecule has 4 aromatic rings. The highest BCUT2D eigenvalue weighted by molar-refractivity contribution is 9.10. The van der Waals surface area contributed by atoms with Gasteiger partial charge in [-0.1, -0.05) is 34.1 Å². The van der Waals surface area contributed by atoms with E-state index in [0.29, 0.717) is 28.1 Å². The first-order chi connectivity index (χ1) is 20.7. The van der Waals surface area contributed by atoms with Crippen molar-refractivity contribution >= 4 is 67.2 Å². The Bertz CT molecular complexity index is 1740. The van der Waals surface area contributed by atoms with E-state index in [9.17, 15) is 24.5 Å². The van der Waals surface area contributed by atoms with Crippen LogP contribution in [-0.4, -0.2) is 22.8 Å². The fourth-order valence-corrected chi connectivity index (χ4v) is 4.87. The highest BCUT2D eigenvalue weighted by Crippen LogP contribution is 2.29. The molecule has 0 aromatic heterocycles. The molecule has 0 saturated carbocycles. The molecule has 216 valence electrons. The molecule has 4 aromatic carbocycles. The third-order valence-electron chi connectivity index (χ3n) is 6.32. The minimum Gasteiger partial charge on any atom is -0.489 e. The molecule has 1 fully saturated rings. The SMILES string of the molecule is O=C1NC(=O)N(c2ccc(OCc3ccc(Br)cc3)cc2)C(=O)/C1=C/c1ccc(OCc2ccc([N+](=O)[O-])cc2)c(Br)c1. The molecule has 43 heavy (non-hydrogen) atoms. The third-order valence-corrected chi connectivity index (χ3v) is 7.47. The Morgan fingerprint density at radius 1 is 0.814 bits per heavy atom. The zero-order chi connectivity index (χ0) is 30.5. The predicted molar refractivity (Wildman–Crippen MR) is 165 cm³/mol. The van der Waals surface area contributed by atoms with E-state index in [1.807, 2.05) is 24.3 Å². The van der Waals surface area contributed by atoms with Gasteiger partial charge in [-0.3, -0.25) is 25.0 Å². The molecule has 0 unspecified atom stereocenters. The van der Waals surface area contributed by atoms with E-state index in [1.165, 1.54) is 18.2 Å². The molecule has 1 N–H and O–H groups in total. The van der Waals surface area contributed by atoms with Gasteiger partial charge in [-0.05, 0) is 99.4 Å². The Balaban J connectivity index is 1.27. The summed E-state index contributed by atoms with van der Waals surface area (Å²) in [5.74, 6) is -0.550. The molecule has 1 heterocycles. The summed E-state index contributed by atoms with van der Waals surface area (Å²) in [5, 5.41) is 13.0. The Hall–Kier alpha value is -4.81. The van der Waals surface area contributed by atoms with Crippen molar-refractivity contribution in [2.45, 2.75) is 13.2 Å². The number of nitrogens with one attached hydrogen (secondary N) is 1. The molecule has 10 nitrogen and oxygen atoms in total. The molecule has 0 spiro atoms. The van der Waals surface area contributed by atoms with E-state index >= 15 is 0 Å². The number of non-ortho nitro benzene ring substituents is 1. The highest BCUT2D eigenvalue weighted by Gasteiger charge is 2.36. The fraction of sp³-hybridized carbons (Fsp3) is 0.0645. The first-order valence-electron chi connectivity index (χ1n) is 12.7. The molecular formula is C31H21Br2N3O7. The lowest BCUT2D eigenvalue weighted by atomic mass is 10.1. The number of hydrogen-bond acceptors (Lipinski definition) is 7. The number of rotatable bonds is 9. The number of nitro groups is 1. The number of ether oxygens (including phenoxy) is 2. The lowest BCUT2D eigenvalue weighted by Gasteiger charge is -2.26. The normalized spacial score (nSPS) is 14.0. The first kappa shape index (κ1) is 29.7. The zero-order valence-corrected chi connectivity index (χ0v) is 25.3. The molecule has 4 amide bonds. The van der Waals surface area contributed by atoms with Crippen molar-refractivity contribution in [3.63, 3.8) is 0 Å². The van der Waals surface area contributed by atoms with Gasteiger partial charge < -0.3 is 9.47 Å². The van der Waals surface area contributed by atoms with Gasteiger partial charge in [0.25, 0.3) is 17.5 Å². The number of urea groups is 1. The van der Waals surface area contributed by atoms with Gasteiger partial charge in [0.15, 0.2) is 0 Å². The average molecular weight is 707 g/mol. The number of carbonyl (C=O) groups excluding carboxylic acids is 3. The van der Waals surface area contributed by atoms with E-state index in [2.05, 4.69) is 37.2 Å². The number of halogens is 2. The van der Waals surface area contributed by atoms with Gasteiger partial charge in [0, 0.05) is 16.6 Å². The Morgan fingerprint density at radius 3 is 2.07 bits per heavy atom. The van der Waals surface area contributed by atoms with Gasteiger partial charge in [-0.25, -0.2) is 9.69 Å². The molecule has 1 aliphatic heterocycles. The van der Waals surface area contributed by atoms with Crippen LogP contribution in [0.15, 0.2) is 106 Å². The summed E-state index contributed by atoms with van der Waals surface area (Å²) in [6.45, 7) is 0.511. The molecule has 0 aliphatic carbocycles. The molecule has 5 rings (SSSR count). The molecule has 0 atom stereocenters. The van der Waals surface area contributed by atoms with Crippen molar-refractivity contribution < 1.29 is 28.8 Å². The molecule has 1 aliphatic rings. The van der Waals surface area contributed by atoms with Crippen molar-refractivity contribution in [3.8, 4) is 11.5 Å². The summed E-state index contributed by atoms with van der Waals surface area (Å²) in [4.78, 5) is 49.8. The maximum atomic E-state index is 13.3. The van der Waals surface area contributed by atoms with Crippen molar-refractivity contribution in [1.29, 1.82) is 0 Å². The lowest BCUT2D eigenvalue weighted by Crippen LogP contribution is -2.54. The van der Waals surface area contributed by atoms with Gasteiger partial charge in [-0.2, -0.15) is 0 Å². The summed E-state index contributed by atoms with van der Waals surface area (Å²) in [6, 6.07) is 24.2. The third kappa shape index (κ3) is 7.16. The van der Waals surface area contributed by atoms with Crippen LogP contribution >= 0.6 is 31.9 Å². The number of amides is 4. The zero-order valence-electron chi connectivity index (χ0n) is 22.2. The van der Waals surface area contributed by atoms with E-state index in [1.54, 1.807) is 54.6 Å². The van der Waals surface area contributed by atoms with Crippen molar-refractivity contribution in [3.05, 3.63) is 132 Å². The second-order valence-corrected chi connectivity index (χ2v) is 11.0. The summed E-state index contributed by atoms with van der Waals surface area (Å²) in [5.41, 5.74) is 2.26. The number of hydrogen-bond donors (Lipinski definition) is 1. The summed E-state index contributed by atoms with van der Waals surface area (Å²) in [7, 11) is 0. The Morgan fingerprint density at radius 2 is 1.44 bits per heavy atom. The van der Waals surface area contributed by atoms with E-state index in [0.717, 1.165) is 20.5 Å². The van der Waals surface area contributed by atoms with Crippen LogP contribution in [0.3, 0.4) is 0 Å². The van der Waals surface area contributed by atoms with E-state index in [4.69, 9.17) is 9.47 Å². The maximum Gasteiger partial charge on any atom is 0.335 e. The van der Waals surface area contributed by atoms with Crippen LogP contribution in [0.2, 0.25) is 0 Å². The number of nitrogens with zero attached hydrogens (tertiary/aromatic N) is 2. The Labute approximate surface area is 262 Å². The standard InChI is InChI=1S/C31H21Br2N3O7/c32-22-6-1-19(2-7-22)17-42-25-12-10-23(11-13-25)35-30(38)26(29(37)34-31(35)39)15-21-5-14-28(27(33)16-21)43-18-20-3-8-24(9-4-20)36(40)41/h1-16H,17-18H2,(H,34,37,39)/b26-15+. The van der Waals surface area contributed by atoms with Gasteiger partial charge in [0.1, 0.15) is 30.3 Å². The van der Waals surface area contributed by atoms with E-state index in [-0.39, 0.29) is 23.6 Å². The summed E-state index contributed by atoms with van der Waals surface area (Å²) < 4.78 is 13.1. The first-order valence-corrected chi connectivity index (χ1v) is 14.3. The van der Waals surface area contributed by atoms with Crippen molar-refractivity contribution in [2.24, 2.45) is 0 Å². The second kappa shape index (κ2) is 13.0. The fourth-order valence-electron chi connectivity index (χ4n) is 4.10. The van der Waals surface area contributed by atoms with Gasteiger partial charge >= 0.3 is 6.03 Å². The van der Waals surface area contributed by atoms with E-state index < -0.39 is 22.8 Å². The topological polar surface area (TPSA) is 128 Å². The number of benzene rings is 4. The minimum absolute atomic E-state index is 0.0116. The quantitative estimate of drug-likeness (QED) is 0.0864. The van der Waals surface area contributed by atoms with Crippen LogP contribution in [0.1, 0.15) is 16.7 Å². The van der Waals surface area contributed by atoms with Crippen LogP contribution in [-0.2, 0) is 22.8 Å². The minimum atomic E-state index is -0.855. The molecule has 0 bridgehead atoms. The van der Waals surface area contributed by atoms with Crippen molar-refractivity contribution in [2.75, 3.05) is 4.90 Å². The highest BCUT2D eigenvalue weighted by atomic mass is 79.9. The van der Waals surface area contributed by atoms with Gasteiger partial charge in [0.2, 0.25) is 0 Å². The van der Waals surface area contributed by atoms with Crippen LogP contribution in [0.5, 0.6) is 11.5 Å². The van der Waals surface area contributed by atoms with Crippen LogP contribution in [0.4, 0.5) is 16.2 Å². The molecule has 1 saturated heterocycles. The van der Waals surface area contributed by atoms with Gasteiger partial charge in [0.05, 0.1) is 15.1 Å². The lowest BCUT2D eigenvalue weighted by molar-refractivity contribution is -0.384. The van der Waals surface area contributed by atoms with Gasteiger partial charge in [-0.15, -0.1) is 0 Å². The molecule has 12 heteroatoms. The molecule has 0 radical (unpaired) electrons. The smallest absolute Gasteiger partial charge is 0.335 e. The molecular weight excluding hydrogens is 686 g/mol. The van der Waals surface area contributed by atoms with Crippen LogP contribution in [0, 0.1) is 10.1 Å². The van der Waals surface area contributed by atoms with Crippen LogP contribution in [0.25, 0.3) is 6.08 Å². The Kier molecular flexibility index (Phi) is 8.98. The predicted octanol–water partition coefficient (Wildman–Crippen LogP) is 6.94. The second-order valence-electron chi connectivity index (χ2n) is 9.27. The number of barbiturate groups is 1. The summed E-state index contributed by atoms with van der Waals surface area (Å²) >= 11 is 6.83. The van der Waals surface area contributed by atoms with Crippen molar-refractivity contribution in [1.82, 2.24) is 5.32 Å². The number of anilines is 1. The average Bonchev–Trinajstić information content (AvgIpc) is 2.99. The largest absolute Gasteiger partial charge is 0.489 e. The monoisotopic (exact) mass is 705 g/mol.